The van der Waals surface area contributed by atoms with E-state index < -0.39 is 0 Å². The number of hydrogen-bond acceptors (Lipinski definition) is 4. The zero-order valence-corrected chi connectivity index (χ0v) is 15.8. The molecule has 1 aromatic heterocycles. The van der Waals surface area contributed by atoms with Gasteiger partial charge in [0.1, 0.15) is 5.75 Å². The number of aromatic nitrogens is 2. The van der Waals surface area contributed by atoms with Crippen molar-refractivity contribution in [1.82, 2.24) is 14.5 Å². The lowest BCUT2D eigenvalue weighted by atomic mass is 10.1. The van der Waals surface area contributed by atoms with E-state index in [1.165, 1.54) is 32.4 Å². The molecule has 2 aromatic carbocycles. The van der Waals surface area contributed by atoms with Gasteiger partial charge in [0, 0.05) is 19.3 Å². The molecule has 2 heterocycles. The number of imidazole rings is 1. The Bertz CT molecular complexity index is 908. The lowest BCUT2D eigenvalue weighted by Crippen LogP contribution is -2.32. The standard InChI is InChI=1S/C22H26N4O/c1-27-19-11-9-18(10-12-19)17-23-22-24-20-7-3-4-8-21(20)26(22)16-15-25-13-5-2-6-14-25/h3-4,7-12,17H,2,5-6,13-16H2,1H3/b23-17+. The fourth-order valence-corrected chi connectivity index (χ4v) is 3.63. The van der Waals surface area contributed by atoms with Gasteiger partial charge in [-0.2, -0.15) is 0 Å². The average Bonchev–Trinajstić information content (AvgIpc) is 3.09. The lowest BCUT2D eigenvalue weighted by Gasteiger charge is -2.26. The normalized spacial score (nSPS) is 15.6. The first kappa shape index (κ1) is 17.7. The third-order valence-corrected chi connectivity index (χ3v) is 5.17. The van der Waals surface area contributed by atoms with Crippen LogP contribution in [0.1, 0.15) is 24.8 Å². The zero-order valence-electron chi connectivity index (χ0n) is 15.8. The van der Waals surface area contributed by atoms with Crippen LogP contribution in [0.2, 0.25) is 0 Å². The molecular weight excluding hydrogens is 336 g/mol. The molecule has 140 valence electrons. The first-order valence-electron chi connectivity index (χ1n) is 9.69. The maximum absolute atomic E-state index is 5.21. The molecule has 0 aliphatic carbocycles. The van der Waals surface area contributed by atoms with E-state index in [4.69, 9.17) is 14.7 Å². The molecule has 0 amide bonds. The van der Waals surface area contributed by atoms with Gasteiger partial charge >= 0.3 is 0 Å². The van der Waals surface area contributed by atoms with E-state index in [1.54, 1.807) is 7.11 Å². The topological polar surface area (TPSA) is 42.7 Å². The van der Waals surface area contributed by atoms with Crippen LogP contribution in [0, 0.1) is 0 Å². The molecule has 0 N–H and O–H groups in total. The van der Waals surface area contributed by atoms with E-state index in [-0.39, 0.29) is 0 Å². The zero-order chi connectivity index (χ0) is 18.5. The van der Waals surface area contributed by atoms with Crippen LogP contribution in [-0.4, -0.2) is 47.4 Å². The number of likely N-dealkylation sites (tertiary alicyclic amines) is 1. The molecule has 0 saturated carbocycles. The first-order chi connectivity index (χ1) is 13.3. The highest BCUT2D eigenvalue weighted by molar-refractivity contribution is 5.83. The maximum Gasteiger partial charge on any atom is 0.230 e. The molecule has 4 rings (SSSR count). The number of benzene rings is 2. The summed E-state index contributed by atoms with van der Waals surface area (Å²) in [6.45, 7) is 4.37. The van der Waals surface area contributed by atoms with Gasteiger partial charge in [-0.1, -0.05) is 18.6 Å². The van der Waals surface area contributed by atoms with E-state index >= 15 is 0 Å². The Morgan fingerprint density at radius 2 is 1.78 bits per heavy atom. The molecule has 0 atom stereocenters. The molecule has 1 aliphatic rings. The molecular formula is C22H26N4O. The second-order valence-electron chi connectivity index (χ2n) is 6.99. The molecule has 27 heavy (non-hydrogen) atoms. The summed E-state index contributed by atoms with van der Waals surface area (Å²) in [4.78, 5) is 12.0. The second kappa shape index (κ2) is 8.35. The Kier molecular flexibility index (Phi) is 5.49. The maximum atomic E-state index is 5.21. The molecule has 1 saturated heterocycles. The molecule has 1 fully saturated rings. The molecule has 0 bridgehead atoms. The summed E-state index contributed by atoms with van der Waals surface area (Å²) in [5.41, 5.74) is 3.18. The summed E-state index contributed by atoms with van der Waals surface area (Å²) in [7, 11) is 1.67. The Morgan fingerprint density at radius 3 is 2.56 bits per heavy atom. The van der Waals surface area contributed by atoms with Crippen LogP contribution in [0.15, 0.2) is 53.5 Å². The van der Waals surface area contributed by atoms with Gasteiger partial charge in [-0.3, -0.25) is 0 Å². The van der Waals surface area contributed by atoms with Crippen LogP contribution < -0.4 is 4.74 Å². The van der Waals surface area contributed by atoms with Crippen molar-refractivity contribution < 1.29 is 4.74 Å². The van der Waals surface area contributed by atoms with Crippen LogP contribution in [0.4, 0.5) is 5.95 Å². The minimum atomic E-state index is 0.768. The Morgan fingerprint density at radius 1 is 1.00 bits per heavy atom. The van der Waals surface area contributed by atoms with E-state index in [9.17, 15) is 0 Å². The SMILES string of the molecule is COc1ccc(/C=N/c2nc3ccccc3n2CCN2CCCCC2)cc1. The van der Waals surface area contributed by atoms with Crippen LogP contribution in [-0.2, 0) is 6.54 Å². The van der Waals surface area contributed by atoms with Crippen LogP contribution in [0.25, 0.3) is 11.0 Å². The Labute approximate surface area is 160 Å². The Hall–Kier alpha value is -2.66. The highest BCUT2D eigenvalue weighted by atomic mass is 16.5. The van der Waals surface area contributed by atoms with Crippen LogP contribution >= 0.6 is 0 Å². The van der Waals surface area contributed by atoms with Gasteiger partial charge in [-0.25, -0.2) is 9.98 Å². The minimum absolute atomic E-state index is 0.768. The lowest BCUT2D eigenvalue weighted by molar-refractivity contribution is 0.222. The van der Waals surface area contributed by atoms with Gasteiger partial charge < -0.3 is 14.2 Å². The van der Waals surface area contributed by atoms with Gasteiger partial charge in [0.25, 0.3) is 0 Å². The summed E-state index contributed by atoms with van der Waals surface area (Å²) in [6.07, 6.45) is 5.86. The fourth-order valence-electron chi connectivity index (χ4n) is 3.63. The van der Waals surface area contributed by atoms with Crippen molar-refractivity contribution in [1.29, 1.82) is 0 Å². The molecule has 0 spiro atoms. The number of hydrogen-bond donors (Lipinski definition) is 0. The largest absolute Gasteiger partial charge is 0.497 e. The van der Waals surface area contributed by atoms with Crippen molar-refractivity contribution in [2.75, 3.05) is 26.7 Å². The van der Waals surface area contributed by atoms with Crippen molar-refractivity contribution in [2.45, 2.75) is 25.8 Å². The van der Waals surface area contributed by atoms with Crippen molar-refractivity contribution in [3.63, 3.8) is 0 Å². The average molecular weight is 362 g/mol. The van der Waals surface area contributed by atoms with Crippen LogP contribution in [0.3, 0.4) is 0 Å². The van der Waals surface area contributed by atoms with Crippen molar-refractivity contribution in [2.24, 2.45) is 4.99 Å². The van der Waals surface area contributed by atoms with Crippen molar-refractivity contribution >= 4 is 23.2 Å². The van der Waals surface area contributed by atoms with Gasteiger partial charge in [-0.15, -0.1) is 0 Å². The van der Waals surface area contributed by atoms with Gasteiger partial charge in [-0.05, 0) is 67.9 Å². The summed E-state index contributed by atoms with van der Waals surface area (Å²) >= 11 is 0. The van der Waals surface area contributed by atoms with E-state index in [1.807, 2.05) is 36.5 Å². The minimum Gasteiger partial charge on any atom is -0.497 e. The fraction of sp³-hybridized carbons (Fsp3) is 0.364. The third-order valence-electron chi connectivity index (χ3n) is 5.17. The van der Waals surface area contributed by atoms with Crippen molar-refractivity contribution in [3.8, 4) is 5.75 Å². The first-order valence-corrected chi connectivity index (χ1v) is 9.69. The molecule has 5 heteroatoms. The van der Waals surface area contributed by atoms with Gasteiger partial charge in [0.05, 0.1) is 18.1 Å². The molecule has 1 aliphatic heterocycles. The smallest absolute Gasteiger partial charge is 0.230 e. The number of methoxy groups -OCH3 is 1. The van der Waals surface area contributed by atoms with E-state index in [0.717, 1.165) is 41.4 Å². The summed E-state index contributed by atoms with van der Waals surface area (Å²) in [5, 5.41) is 0. The van der Waals surface area contributed by atoms with Crippen LogP contribution in [0.5, 0.6) is 5.75 Å². The molecule has 5 nitrogen and oxygen atoms in total. The number of aliphatic imine (C=N–C) groups is 1. The van der Waals surface area contributed by atoms with Crippen molar-refractivity contribution in [3.05, 3.63) is 54.1 Å². The van der Waals surface area contributed by atoms with Gasteiger partial charge in [0.15, 0.2) is 0 Å². The van der Waals surface area contributed by atoms with E-state index in [2.05, 4.69) is 27.7 Å². The summed E-state index contributed by atoms with van der Waals surface area (Å²) in [6, 6.07) is 16.2. The monoisotopic (exact) mass is 362 g/mol. The number of rotatable bonds is 6. The van der Waals surface area contributed by atoms with Gasteiger partial charge in [0.2, 0.25) is 5.95 Å². The second-order valence-corrected chi connectivity index (χ2v) is 6.99. The predicted molar refractivity (Wildman–Crippen MR) is 110 cm³/mol. The quantitative estimate of drug-likeness (QED) is 0.615. The highest BCUT2D eigenvalue weighted by Crippen LogP contribution is 2.22. The summed E-state index contributed by atoms with van der Waals surface area (Å²) < 4.78 is 7.45. The highest BCUT2D eigenvalue weighted by Gasteiger charge is 2.13. The number of para-hydroxylation sites is 2. The predicted octanol–water partition coefficient (Wildman–Crippen LogP) is 4.28. The third kappa shape index (κ3) is 4.19. The molecule has 3 aromatic rings. The molecule has 0 unspecified atom stereocenters. The summed E-state index contributed by atoms with van der Waals surface area (Å²) in [5.74, 6) is 1.62. The van der Waals surface area contributed by atoms with E-state index in [0.29, 0.717) is 0 Å². The molecule has 0 radical (unpaired) electrons. The Balaban J connectivity index is 1.57. The number of ether oxygens (including phenoxy) is 1. The number of piperidine rings is 1. The number of fused-ring (bicyclic) bond motifs is 1. The number of nitrogens with zero attached hydrogens (tertiary/aromatic N) is 4.